The molecule has 2 rings (SSSR count). The lowest BCUT2D eigenvalue weighted by Crippen LogP contribution is -2.03. The van der Waals surface area contributed by atoms with Gasteiger partial charge < -0.3 is 4.74 Å². The molecule has 0 spiro atoms. The van der Waals surface area contributed by atoms with Crippen LogP contribution in [-0.4, -0.2) is 11.8 Å². The summed E-state index contributed by atoms with van der Waals surface area (Å²) in [5, 5.41) is 0. The van der Waals surface area contributed by atoms with E-state index in [0.717, 1.165) is 5.56 Å². The van der Waals surface area contributed by atoms with E-state index in [2.05, 4.69) is 0 Å². The first kappa shape index (κ1) is 13.7. The van der Waals surface area contributed by atoms with Gasteiger partial charge in [0.05, 0.1) is 0 Å². The third kappa shape index (κ3) is 3.92. The van der Waals surface area contributed by atoms with Gasteiger partial charge in [-0.15, -0.1) is 0 Å². The third-order valence-corrected chi connectivity index (χ3v) is 2.69. The highest BCUT2D eigenvalue weighted by molar-refractivity contribution is 5.94. The molecule has 0 amide bonds. The molecule has 0 heterocycles. The number of ketones is 1. The first-order valence-corrected chi connectivity index (χ1v) is 6.21. The fraction of sp³-hybridized carbons (Fsp3) is 0.0588. The van der Waals surface area contributed by atoms with Gasteiger partial charge in [0.2, 0.25) is 0 Å². The van der Waals surface area contributed by atoms with E-state index in [1.54, 1.807) is 30.3 Å². The lowest BCUT2D eigenvalue weighted by atomic mass is 10.1. The van der Waals surface area contributed by atoms with E-state index in [9.17, 15) is 9.59 Å². The SMILES string of the molecule is CC(=O)c1ccc(OC(=O)C=Cc2ccccc2)cc1. The topological polar surface area (TPSA) is 43.4 Å². The van der Waals surface area contributed by atoms with Gasteiger partial charge in [-0.2, -0.15) is 0 Å². The van der Waals surface area contributed by atoms with Crippen LogP contribution in [0, 0.1) is 0 Å². The number of esters is 1. The van der Waals surface area contributed by atoms with Crippen molar-refractivity contribution in [2.45, 2.75) is 6.92 Å². The molecule has 0 saturated heterocycles. The molecule has 0 unspecified atom stereocenters. The maximum atomic E-state index is 11.6. The Morgan fingerprint density at radius 3 is 2.20 bits per heavy atom. The van der Waals surface area contributed by atoms with Crippen molar-refractivity contribution < 1.29 is 14.3 Å². The molecule has 2 aromatic carbocycles. The van der Waals surface area contributed by atoms with Gasteiger partial charge in [-0.25, -0.2) is 4.79 Å². The summed E-state index contributed by atoms with van der Waals surface area (Å²) in [7, 11) is 0. The van der Waals surface area contributed by atoms with Crippen molar-refractivity contribution in [3.63, 3.8) is 0 Å². The Kier molecular flexibility index (Phi) is 4.45. The Labute approximate surface area is 117 Å². The van der Waals surface area contributed by atoms with E-state index in [0.29, 0.717) is 11.3 Å². The summed E-state index contributed by atoms with van der Waals surface area (Å²) < 4.78 is 5.13. The van der Waals surface area contributed by atoms with Gasteiger partial charge in [-0.1, -0.05) is 30.3 Å². The summed E-state index contributed by atoms with van der Waals surface area (Å²) in [5.41, 5.74) is 1.51. The normalized spacial score (nSPS) is 10.4. The van der Waals surface area contributed by atoms with Crippen LogP contribution < -0.4 is 4.74 Å². The third-order valence-electron chi connectivity index (χ3n) is 2.69. The molecule has 100 valence electrons. The van der Waals surface area contributed by atoms with Gasteiger partial charge >= 0.3 is 5.97 Å². The van der Waals surface area contributed by atoms with Gasteiger partial charge in [0, 0.05) is 11.6 Å². The van der Waals surface area contributed by atoms with Crippen molar-refractivity contribution in [2.24, 2.45) is 0 Å². The van der Waals surface area contributed by atoms with Gasteiger partial charge in [-0.05, 0) is 42.8 Å². The quantitative estimate of drug-likeness (QED) is 0.368. The van der Waals surface area contributed by atoms with Crippen molar-refractivity contribution >= 4 is 17.8 Å². The van der Waals surface area contributed by atoms with E-state index < -0.39 is 5.97 Å². The lowest BCUT2D eigenvalue weighted by molar-refractivity contribution is -0.128. The molecular formula is C17H14O3. The molecule has 0 fully saturated rings. The van der Waals surface area contributed by atoms with Gasteiger partial charge in [0.1, 0.15) is 5.75 Å². The van der Waals surface area contributed by atoms with Crippen molar-refractivity contribution in [1.82, 2.24) is 0 Å². The molecular weight excluding hydrogens is 252 g/mol. The minimum Gasteiger partial charge on any atom is -0.423 e. The monoisotopic (exact) mass is 266 g/mol. The van der Waals surface area contributed by atoms with Gasteiger partial charge in [0.25, 0.3) is 0 Å². The van der Waals surface area contributed by atoms with Crippen LogP contribution in [0.2, 0.25) is 0 Å². The standard InChI is InChI=1S/C17H14O3/c1-13(18)15-8-10-16(11-9-15)20-17(19)12-7-14-5-3-2-4-6-14/h2-12H,1H3. The second-order valence-electron chi connectivity index (χ2n) is 4.25. The predicted octanol–water partition coefficient (Wildman–Crippen LogP) is 3.51. The Balaban J connectivity index is 1.98. The summed E-state index contributed by atoms with van der Waals surface area (Å²) in [6.07, 6.45) is 3.06. The van der Waals surface area contributed by atoms with E-state index in [1.165, 1.54) is 13.0 Å². The number of carbonyl (C=O) groups excluding carboxylic acids is 2. The number of carbonyl (C=O) groups is 2. The highest BCUT2D eigenvalue weighted by Gasteiger charge is 2.02. The molecule has 0 bridgehead atoms. The number of rotatable bonds is 4. The van der Waals surface area contributed by atoms with Crippen molar-refractivity contribution in [2.75, 3.05) is 0 Å². The van der Waals surface area contributed by atoms with Crippen LogP contribution in [0.25, 0.3) is 6.08 Å². The summed E-state index contributed by atoms with van der Waals surface area (Å²) in [6, 6.07) is 16.0. The lowest BCUT2D eigenvalue weighted by Gasteiger charge is -2.02. The summed E-state index contributed by atoms with van der Waals surface area (Å²) in [6.45, 7) is 1.49. The summed E-state index contributed by atoms with van der Waals surface area (Å²) in [4.78, 5) is 22.7. The maximum absolute atomic E-state index is 11.6. The van der Waals surface area contributed by atoms with Crippen LogP contribution in [0.4, 0.5) is 0 Å². The Hall–Kier alpha value is -2.68. The number of hydrogen-bond donors (Lipinski definition) is 0. The number of hydrogen-bond acceptors (Lipinski definition) is 3. The molecule has 2 aromatic rings. The zero-order chi connectivity index (χ0) is 14.4. The van der Waals surface area contributed by atoms with Crippen LogP contribution in [0.3, 0.4) is 0 Å². The molecule has 3 nitrogen and oxygen atoms in total. The average molecular weight is 266 g/mol. The smallest absolute Gasteiger partial charge is 0.336 e. The molecule has 20 heavy (non-hydrogen) atoms. The highest BCUT2D eigenvalue weighted by atomic mass is 16.5. The van der Waals surface area contributed by atoms with E-state index >= 15 is 0 Å². The molecule has 0 aliphatic heterocycles. The number of Topliss-reactive ketones (excluding diaryl/α,β-unsaturated/α-hetero) is 1. The van der Waals surface area contributed by atoms with Crippen LogP contribution >= 0.6 is 0 Å². The number of benzene rings is 2. The van der Waals surface area contributed by atoms with Crippen LogP contribution in [0.1, 0.15) is 22.8 Å². The van der Waals surface area contributed by atoms with Crippen molar-refractivity contribution in [1.29, 1.82) is 0 Å². The van der Waals surface area contributed by atoms with E-state index in [4.69, 9.17) is 4.74 Å². The summed E-state index contributed by atoms with van der Waals surface area (Å²) in [5.74, 6) is -0.0611. The second-order valence-corrected chi connectivity index (χ2v) is 4.25. The molecule has 0 aliphatic carbocycles. The van der Waals surface area contributed by atoms with Crippen LogP contribution in [0.15, 0.2) is 60.7 Å². The van der Waals surface area contributed by atoms with E-state index in [-0.39, 0.29) is 5.78 Å². The zero-order valence-corrected chi connectivity index (χ0v) is 11.1. The van der Waals surface area contributed by atoms with Crippen LogP contribution in [0.5, 0.6) is 5.75 Å². The Morgan fingerprint density at radius 2 is 1.60 bits per heavy atom. The predicted molar refractivity (Wildman–Crippen MR) is 77.6 cm³/mol. The minimum atomic E-state index is -0.454. The van der Waals surface area contributed by atoms with Crippen LogP contribution in [-0.2, 0) is 4.79 Å². The molecule has 0 saturated carbocycles. The minimum absolute atomic E-state index is 0.0214. The molecule has 0 aliphatic rings. The maximum Gasteiger partial charge on any atom is 0.336 e. The fourth-order valence-corrected chi connectivity index (χ4v) is 1.64. The second kappa shape index (κ2) is 6.48. The first-order chi connectivity index (χ1) is 9.65. The number of ether oxygens (including phenoxy) is 1. The van der Waals surface area contributed by atoms with Crippen molar-refractivity contribution in [3.05, 3.63) is 71.8 Å². The molecule has 0 atom stereocenters. The molecule has 0 N–H and O–H groups in total. The molecule has 3 heteroatoms. The fourth-order valence-electron chi connectivity index (χ4n) is 1.64. The highest BCUT2D eigenvalue weighted by Crippen LogP contribution is 2.13. The molecule has 0 radical (unpaired) electrons. The average Bonchev–Trinajstić information content (AvgIpc) is 2.47. The largest absolute Gasteiger partial charge is 0.423 e. The van der Waals surface area contributed by atoms with Crippen molar-refractivity contribution in [3.8, 4) is 5.75 Å². The Morgan fingerprint density at radius 1 is 0.950 bits per heavy atom. The van der Waals surface area contributed by atoms with E-state index in [1.807, 2.05) is 30.3 Å². The summed E-state index contributed by atoms with van der Waals surface area (Å²) >= 11 is 0. The molecule has 0 aromatic heterocycles. The van der Waals surface area contributed by atoms with Gasteiger partial charge in [0.15, 0.2) is 5.78 Å². The van der Waals surface area contributed by atoms with Gasteiger partial charge in [-0.3, -0.25) is 4.79 Å². The Bertz CT molecular complexity index is 625. The zero-order valence-electron chi connectivity index (χ0n) is 11.1. The first-order valence-electron chi connectivity index (χ1n) is 6.21.